The van der Waals surface area contributed by atoms with Gasteiger partial charge in [0.05, 0.1) is 0 Å². The SMILES string of the molecule is CCCn1nc(C(=O)N2CCCCCC2)c2c1CCC(NCc1cccnc1)C2. The van der Waals surface area contributed by atoms with Gasteiger partial charge in [-0.25, -0.2) is 0 Å². The van der Waals surface area contributed by atoms with E-state index in [0.717, 1.165) is 64.7 Å². The van der Waals surface area contributed by atoms with Crippen molar-refractivity contribution in [1.29, 1.82) is 0 Å². The molecule has 1 fully saturated rings. The van der Waals surface area contributed by atoms with Crippen LogP contribution in [0.1, 0.15) is 72.8 Å². The molecule has 1 unspecified atom stereocenters. The first kappa shape index (κ1) is 20.1. The van der Waals surface area contributed by atoms with Crippen LogP contribution < -0.4 is 5.32 Å². The molecule has 0 radical (unpaired) electrons. The first-order valence-electron chi connectivity index (χ1n) is 11.3. The first-order chi connectivity index (χ1) is 14.3. The zero-order valence-electron chi connectivity index (χ0n) is 17.6. The Morgan fingerprint density at radius 3 is 2.79 bits per heavy atom. The third-order valence-corrected chi connectivity index (χ3v) is 6.20. The fourth-order valence-electron chi connectivity index (χ4n) is 4.62. The number of carbonyl (C=O) groups excluding carboxylic acids is 1. The number of pyridine rings is 1. The van der Waals surface area contributed by atoms with Crippen molar-refractivity contribution in [3.05, 3.63) is 47.0 Å². The Morgan fingerprint density at radius 2 is 2.07 bits per heavy atom. The Bertz CT molecular complexity index is 808. The van der Waals surface area contributed by atoms with Crippen LogP contribution in [0.15, 0.2) is 24.5 Å². The van der Waals surface area contributed by atoms with Crippen LogP contribution in [-0.2, 0) is 25.9 Å². The highest BCUT2D eigenvalue weighted by atomic mass is 16.2. The lowest BCUT2D eigenvalue weighted by Gasteiger charge is -2.25. The van der Waals surface area contributed by atoms with Gasteiger partial charge in [-0.1, -0.05) is 25.8 Å². The highest BCUT2D eigenvalue weighted by Crippen LogP contribution is 2.27. The maximum absolute atomic E-state index is 13.3. The molecule has 0 saturated carbocycles. The van der Waals surface area contributed by atoms with Crippen LogP contribution in [0.2, 0.25) is 0 Å². The Labute approximate surface area is 173 Å². The quantitative estimate of drug-likeness (QED) is 0.815. The first-order valence-corrected chi connectivity index (χ1v) is 11.3. The minimum Gasteiger partial charge on any atom is -0.337 e. The molecule has 1 saturated heterocycles. The Morgan fingerprint density at radius 1 is 1.24 bits per heavy atom. The van der Waals surface area contributed by atoms with Crippen molar-refractivity contribution in [3.63, 3.8) is 0 Å². The molecule has 1 amide bonds. The standard InChI is InChI=1S/C23H33N5O/c1-2-12-28-21-10-9-19(25-17-18-8-7-11-24-16-18)15-20(21)22(26-28)23(29)27-13-5-3-4-6-14-27/h7-8,11,16,19,25H,2-6,9-10,12-15,17H2,1H3. The van der Waals surface area contributed by atoms with Gasteiger partial charge in [-0.05, 0) is 50.2 Å². The topological polar surface area (TPSA) is 63.1 Å². The average Bonchev–Trinajstić information content (AvgIpc) is 2.92. The second-order valence-corrected chi connectivity index (χ2v) is 8.39. The molecule has 4 rings (SSSR count). The molecule has 0 spiro atoms. The fraction of sp³-hybridized carbons (Fsp3) is 0.609. The molecule has 2 aromatic rings. The van der Waals surface area contributed by atoms with E-state index in [2.05, 4.69) is 28.0 Å². The monoisotopic (exact) mass is 395 g/mol. The molecular weight excluding hydrogens is 362 g/mol. The van der Waals surface area contributed by atoms with Crippen molar-refractivity contribution in [2.24, 2.45) is 0 Å². The molecule has 1 atom stereocenters. The summed E-state index contributed by atoms with van der Waals surface area (Å²) in [7, 11) is 0. The highest BCUT2D eigenvalue weighted by Gasteiger charge is 2.31. The number of hydrogen-bond donors (Lipinski definition) is 1. The van der Waals surface area contributed by atoms with Gasteiger partial charge in [0.25, 0.3) is 5.91 Å². The van der Waals surface area contributed by atoms with Crippen molar-refractivity contribution in [2.75, 3.05) is 13.1 Å². The van der Waals surface area contributed by atoms with Gasteiger partial charge in [0.2, 0.25) is 0 Å². The number of hydrogen-bond acceptors (Lipinski definition) is 4. The lowest BCUT2D eigenvalue weighted by molar-refractivity contribution is 0.0753. The van der Waals surface area contributed by atoms with E-state index in [9.17, 15) is 4.79 Å². The zero-order chi connectivity index (χ0) is 20.1. The predicted molar refractivity (Wildman–Crippen MR) is 114 cm³/mol. The van der Waals surface area contributed by atoms with Gasteiger partial charge < -0.3 is 10.2 Å². The molecular formula is C23H33N5O. The molecule has 29 heavy (non-hydrogen) atoms. The number of aryl methyl sites for hydroxylation is 1. The minimum absolute atomic E-state index is 0.144. The van der Waals surface area contributed by atoms with Crippen molar-refractivity contribution in [2.45, 2.75) is 77.4 Å². The summed E-state index contributed by atoms with van der Waals surface area (Å²) in [6.45, 7) is 5.62. The fourth-order valence-corrected chi connectivity index (χ4v) is 4.62. The van der Waals surface area contributed by atoms with Gasteiger partial charge in [-0.15, -0.1) is 0 Å². The summed E-state index contributed by atoms with van der Waals surface area (Å²) < 4.78 is 2.11. The van der Waals surface area contributed by atoms with Crippen LogP contribution >= 0.6 is 0 Å². The molecule has 6 nitrogen and oxygen atoms in total. The number of aromatic nitrogens is 3. The summed E-state index contributed by atoms with van der Waals surface area (Å²) in [6, 6.07) is 4.45. The summed E-state index contributed by atoms with van der Waals surface area (Å²) in [5.74, 6) is 0.144. The largest absolute Gasteiger partial charge is 0.337 e. The molecule has 156 valence electrons. The van der Waals surface area contributed by atoms with Crippen molar-refractivity contribution in [3.8, 4) is 0 Å². The maximum atomic E-state index is 13.3. The molecule has 1 aliphatic carbocycles. The van der Waals surface area contributed by atoms with Crippen molar-refractivity contribution >= 4 is 5.91 Å². The molecule has 1 N–H and O–H groups in total. The Hall–Kier alpha value is -2.21. The van der Waals surface area contributed by atoms with E-state index in [1.54, 1.807) is 6.20 Å². The molecule has 1 aliphatic heterocycles. The number of likely N-dealkylation sites (tertiary alicyclic amines) is 1. The number of rotatable bonds is 6. The van der Waals surface area contributed by atoms with Gasteiger partial charge in [0, 0.05) is 55.9 Å². The minimum atomic E-state index is 0.144. The Kier molecular flexibility index (Phi) is 6.60. The lowest BCUT2D eigenvalue weighted by Crippen LogP contribution is -2.36. The lowest BCUT2D eigenvalue weighted by atomic mass is 9.91. The summed E-state index contributed by atoms with van der Waals surface area (Å²) >= 11 is 0. The van der Waals surface area contributed by atoms with Crippen LogP contribution in [0.25, 0.3) is 0 Å². The van der Waals surface area contributed by atoms with Crippen LogP contribution in [0.3, 0.4) is 0 Å². The summed E-state index contributed by atoms with van der Waals surface area (Å²) in [6.07, 6.45) is 12.4. The van der Waals surface area contributed by atoms with E-state index in [1.165, 1.54) is 29.7 Å². The third kappa shape index (κ3) is 4.69. The maximum Gasteiger partial charge on any atom is 0.274 e. The summed E-state index contributed by atoms with van der Waals surface area (Å²) in [5, 5.41) is 8.50. The van der Waals surface area contributed by atoms with Crippen molar-refractivity contribution in [1.82, 2.24) is 25.0 Å². The highest BCUT2D eigenvalue weighted by molar-refractivity contribution is 5.94. The number of amides is 1. The van der Waals surface area contributed by atoms with Gasteiger partial charge >= 0.3 is 0 Å². The van der Waals surface area contributed by atoms with Gasteiger partial charge in [-0.3, -0.25) is 14.5 Å². The van der Waals surface area contributed by atoms with Crippen molar-refractivity contribution < 1.29 is 4.79 Å². The molecule has 0 aromatic carbocycles. The van der Waals surface area contributed by atoms with E-state index in [4.69, 9.17) is 5.10 Å². The van der Waals surface area contributed by atoms with Crippen LogP contribution in [0.4, 0.5) is 0 Å². The molecule has 0 bridgehead atoms. The number of carbonyl (C=O) groups is 1. The molecule has 3 heterocycles. The van der Waals surface area contributed by atoms with Crippen LogP contribution in [-0.4, -0.2) is 44.7 Å². The molecule has 2 aliphatic rings. The normalized spacial score (nSPS) is 19.6. The van der Waals surface area contributed by atoms with Crippen LogP contribution in [0.5, 0.6) is 0 Å². The predicted octanol–water partition coefficient (Wildman–Crippen LogP) is 3.35. The smallest absolute Gasteiger partial charge is 0.274 e. The van der Waals surface area contributed by atoms with E-state index in [0.29, 0.717) is 11.7 Å². The zero-order valence-corrected chi connectivity index (χ0v) is 17.6. The molecule has 2 aromatic heterocycles. The summed E-state index contributed by atoms with van der Waals surface area (Å²) in [4.78, 5) is 19.6. The Balaban J connectivity index is 1.52. The second kappa shape index (κ2) is 9.53. The summed E-state index contributed by atoms with van der Waals surface area (Å²) in [5.41, 5.74) is 4.37. The molecule has 6 heteroatoms. The number of nitrogens with one attached hydrogen (secondary N) is 1. The van der Waals surface area contributed by atoms with Gasteiger partial charge in [-0.2, -0.15) is 5.10 Å². The van der Waals surface area contributed by atoms with Gasteiger partial charge in [0.1, 0.15) is 0 Å². The van der Waals surface area contributed by atoms with E-state index >= 15 is 0 Å². The second-order valence-electron chi connectivity index (χ2n) is 8.39. The van der Waals surface area contributed by atoms with E-state index in [-0.39, 0.29) is 5.91 Å². The van der Waals surface area contributed by atoms with Crippen LogP contribution in [0, 0.1) is 0 Å². The van der Waals surface area contributed by atoms with E-state index in [1.807, 2.05) is 17.2 Å². The van der Waals surface area contributed by atoms with Gasteiger partial charge in [0.15, 0.2) is 5.69 Å². The van der Waals surface area contributed by atoms with E-state index < -0.39 is 0 Å². The number of nitrogens with zero attached hydrogens (tertiary/aromatic N) is 4. The third-order valence-electron chi connectivity index (χ3n) is 6.20. The average molecular weight is 396 g/mol. The number of fused-ring (bicyclic) bond motifs is 1.